The summed E-state index contributed by atoms with van der Waals surface area (Å²) in [6.07, 6.45) is 0.0375. The van der Waals surface area contributed by atoms with Gasteiger partial charge in [0.15, 0.2) is 5.56 Å². The number of esters is 1. The summed E-state index contributed by atoms with van der Waals surface area (Å²) in [5.41, 5.74) is 0.0131. The fourth-order valence-corrected chi connectivity index (χ4v) is 1.44. The Labute approximate surface area is 110 Å². The first kappa shape index (κ1) is 14.9. The third-order valence-electron chi connectivity index (χ3n) is 2.16. The fraction of sp³-hybridized carbons (Fsp3) is 0.500. The molecule has 0 atom stereocenters. The lowest BCUT2D eigenvalue weighted by Gasteiger charge is -2.11. The van der Waals surface area contributed by atoms with Crippen molar-refractivity contribution in [1.29, 1.82) is 0 Å². The van der Waals surface area contributed by atoms with Crippen LogP contribution in [0.3, 0.4) is 0 Å². The SMILES string of the molecule is CCOC(=O)c1c(OC)nc(CC(C)=O)nc1OC. The summed E-state index contributed by atoms with van der Waals surface area (Å²) >= 11 is 0. The summed E-state index contributed by atoms with van der Waals surface area (Å²) in [6, 6.07) is 0. The molecule has 1 rings (SSSR count). The van der Waals surface area contributed by atoms with Crippen molar-refractivity contribution >= 4 is 11.8 Å². The van der Waals surface area contributed by atoms with E-state index in [1.165, 1.54) is 21.1 Å². The Morgan fingerprint density at radius 1 is 1.11 bits per heavy atom. The van der Waals surface area contributed by atoms with Gasteiger partial charge in [0.05, 0.1) is 27.2 Å². The molecule has 0 bridgehead atoms. The topological polar surface area (TPSA) is 87.6 Å². The van der Waals surface area contributed by atoms with Gasteiger partial charge >= 0.3 is 5.97 Å². The number of rotatable bonds is 6. The first-order valence-electron chi connectivity index (χ1n) is 5.68. The standard InChI is InChI=1S/C12H16N2O5/c1-5-19-12(16)9-10(17-3)13-8(6-7(2)15)14-11(9)18-4/h5-6H2,1-4H3. The van der Waals surface area contributed by atoms with Crippen molar-refractivity contribution in [1.82, 2.24) is 9.97 Å². The molecule has 1 heterocycles. The molecule has 0 amide bonds. The van der Waals surface area contributed by atoms with Crippen LogP contribution in [0.25, 0.3) is 0 Å². The number of nitrogens with zero attached hydrogens (tertiary/aromatic N) is 2. The molecular weight excluding hydrogens is 252 g/mol. The Balaban J connectivity index is 3.28. The molecule has 0 saturated heterocycles. The van der Waals surface area contributed by atoms with Crippen molar-refractivity contribution < 1.29 is 23.8 Å². The largest absolute Gasteiger partial charge is 0.480 e. The highest BCUT2D eigenvalue weighted by Gasteiger charge is 2.24. The van der Waals surface area contributed by atoms with Crippen LogP contribution in [-0.4, -0.2) is 42.5 Å². The van der Waals surface area contributed by atoms with Gasteiger partial charge < -0.3 is 14.2 Å². The van der Waals surface area contributed by atoms with E-state index < -0.39 is 5.97 Å². The second kappa shape index (κ2) is 6.67. The lowest BCUT2D eigenvalue weighted by Crippen LogP contribution is -2.14. The summed E-state index contributed by atoms with van der Waals surface area (Å²) in [5.74, 6) is -0.448. The van der Waals surface area contributed by atoms with Crippen LogP contribution >= 0.6 is 0 Å². The molecule has 0 radical (unpaired) electrons. The number of hydrogen-bond donors (Lipinski definition) is 0. The lowest BCUT2D eigenvalue weighted by atomic mass is 10.2. The molecule has 104 valence electrons. The molecule has 0 N–H and O–H groups in total. The van der Waals surface area contributed by atoms with Crippen LogP contribution in [0.4, 0.5) is 0 Å². The molecule has 19 heavy (non-hydrogen) atoms. The number of carbonyl (C=O) groups excluding carboxylic acids is 2. The first-order chi connectivity index (χ1) is 9.03. The Morgan fingerprint density at radius 3 is 2.00 bits per heavy atom. The van der Waals surface area contributed by atoms with Crippen molar-refractivity contribution in [2.24, 2.45) is 0 Å². The van der Waals surface area contributed by atoms with Crippen molar-refractivity contribution in [2.75, 3.05) is 20.8 Å². The molecule has 0 fully saturated rings. The quantitative estimate of drug-likeness (QED) is 0.705. The molecule has 0 unspecified atom stereocenters. The average Bonchev–Trinajstić information content (AvgIpc) is 2.36. The van der Waals surface area contributed by atoms with E-state index in [1.54, 1.807) is 6.92 Å². The Morgan fingerprint density at radius 2 is 1.63 bits per heavy atom. The van der Waals surface area contributed by atoms with Gasteiger partial charge in [-0.3, -0.25) is 4.79 Å². The van der Waals surface area contributed by atoms with Gasteiger partial charge in [-0.1, -0.05) is 0 Å². The molecule has 0 spiro atoms. The van der Waals surface area contributed by atoms with Crippen LogP contribution in [0.2, 0.25) is 0 Å². The van der Waals surface area contributed by atoms with Gasteiger partial charge in [-0.05, 0) is 13.8 Å². The maximum absolute atomic E-state index is 11.8. The van der Waals surface area contributed by atoms with E-state index in [1.807, 2.05) is 0 Å². The Bertz CT molecular complexity index is 462. The van der Waals surface area contributed by atoms with Crippen LogP contribution in [0.1, 0.15) is 30.0 Å². The van der Waals surface area contributed by atoms with Gasteiger partial charge in [0.1, 0.15) is 11.6 Å². The molecule has 7 nitrogen and oxygen atoms in total. The number of methoxy groups -OCH3 is 2. The summed E-state index contributed by atoms with van der Waals surface area (Å²) in [7, 11) is 2.73. The number of ketones is 1. The minimum atomic E-state index is -0.634. The first-order valence-corrected chi connectivity index (χ1v) is 5.68. The van der Waals surface area contributed by atoms with Crippen LogP contribution < -0.4 is 9.47 Å². The number of aromatic nitrogens is 2. The predicted molar refractivity (Wildman–Crippen MR) is 65.5 cm³/mol. The number of carbonyl (C=O) groups is 2. The van der Waals surface area contributed by atoms with Crippen LogP contribution in [-0.2, 0) is 16.0 Å². The highest BCUT2D eigenvalue weighted by molar-refractivity contribution is 5.94. The summed E-state index contributed by atoms with van der Waals surface area (Å²) in [6.45, 7) is 3.31. The fourth-order valence-electron chi connectivity index (χ4n) is 1.44. The van der Waals surface area contributed by atoms with Crippen LogP contribution in [0.5, 0.6) is 11.8 Å². The van der Waals surface area contributed by atoms with Crippen LogP contribution in [0.15, 0.2) is 0 Å². The third kappa shape index (κ3) is 3.64. The van der Waals surface area contributed by atoms with Gasteiger partial charge in [-0.25, -0.2) is 4.79 Å². The van der Waals surface area contributed by atoms with E-state index in [2.05, 4.69) is 9.97 Å². The van der Waals surface area contributed by atoms with E-state index >= 15 is 0 Å². The van der Waals surface area contributed by atoms with E-state index in [0.29, 0.717) is 0 Å². The predicted octanol–water partition coefficient (Wildman–Crippen LogP) is 0.802. The maximum Gasteiger partial charge on any atom is 0.349 e. The van der Waals surface area contributed by atoms with Crippen molar-refractivity contribution in [2.45, 2.75) is 20.3 Å². The van der Waals surface area contributed by atoms with Gasteiger partial charge in [-0.2, -0.15) is 9.97 Å². The van der Waals surface area contributed by atoms with E-state index in [-0.39, 0.29) is 42.0 Å². The zero-order valence-electron chi connectivity index (χ0n) is 11.3. The monoisotopic (exact) mass is 268 g/mol. The molecule has 0 aromatic carbocycles. The second-order valence-electron chi connectivity index (χ2n) is 3.63. The molecule has 0 aliphatic heterocycles. The minimum Gasteiger partial charge on any atom is -0.480 e. The molecular formula is C12H16N2O5. The van der Waals surface area contributed by atoms with E-state index in [0.717, 1.165) is 0 Å². The normalized spacial score (nSPS) is 9.89. The molecule has 1 aromatic heterocycles. The van der Waals surface area contributed by atoms with Crippen molar-refractivity contribution in [3.63, 3.8) is 0 Å². The lowest BCUT2D eigenvalue weighted by molar-refractivity contribution is -0.116. The van der Waals surface area contributed by atoms with E-state index in [4.69, 9.17) is 14.2 Å². The van der Waals surface area contributed by atoms with E-state index in [9.17, 15) is 9.59 Å². The third-order valence-corrected chi connectivity index (χ3v) is 2.16. The number of ether oxygens (including phenoxy) is 3. The zero-order chi connectivity index (χ0) is 14.4. The number of hydrogen-bond acceptors (Lipinski definition) is 7. The van der Waals surface area contributed by atoms with Gasteiger partial charge in [-0.15, -0.1) is 0 Å². The Hall–Kier alpha value is -2.18. The number of Topliss-reactive ketones (excluding diaryl/α,β-unsaturated/α-hetero) is 1. The highest BCUT2D eigenvalue weighted by Crippen LogP contribution is 2.26. The molecule has 0 saturated carbocycles. The van der Waals surface area contributed by atoms with Gasteiger partial charge in [0, 0.05) is 0 Å². The smallest absolute Gasteiger partial charge is 0.349 e. The van der Waals surface area contributed by atoms with Crippen LogP contribution in [0, 0.1) is 0 Å². The summed E-state index contributed by atoms with van der Waals surface area (Å²) in [4.78, 5) is 30.9. The van der Waals surface area contributed by atoms with Gasteiger partial charge in [0.25, 0.3) is 0 Å². The maximum atomic E-state index is 11.8. The molecule has 0 aliphatic rings. The molecule has 1 aromatic rings. The highest BCUT2D eigenvalue weighted by atomic mass is 16.5. The molecule has 0 aliphatic carbocycles. The van der Waals surface area contributed by atoms with Crippen molar-refractivity contribution in [3.8, 4) is 11.8 Å². The average molecular weight is 268 g/mol. The van der Waals surface area contributed by atoms with Crippen molar-refractivity contribution in [3.05, 3.63) is 11.4 Å². The Kier molecular flexibility index (Phi) is 5.23. The summed E-state index contributed by atoms with van der Waals surface area (Å²) < 4.78 is 15.0. The summed E-state index contributed by atoms with van der Waals surface area (Å²) in [5, 5.41) is 0. The second-order valence-corrected chi connectivity index (χ2v) is 3.63. The molecule has 7 heteroatoms. The minimum absolute atomic E-state index is 0.0131. The zero-order valence-corrected chi connectivity index (χ0v) is 11.3. The van der Waals surface area contributed by atoms with Gasteiger partial charge in [0.2, 0.25) is 11.8 Å².